The molecule has 3 rings (SSSR count). The molecule has 9 nitrogen and oxygen atoms in total. The van der Waals surface area contributed by atoms with Crippen molar-refractivity contribution in [1.82, 2.24) is 14.5 Å². The van der Waals surface area contributed by atoms with Crippen molar-refractivity contribution in [2.24, 2.45) is 0 Å². The molecule has 120 valence electrons. The number of nitrogen functional groups attached to an aromatic ring is 1. The van der Waals surface area contributed by atoms with Gasteiger partial charge in [0.25, 0.3) is 0 Å². The minimum absolute atomic E-state index is 0.220. The van der Waals surface area contributed by atoms with Gasteiger partial charge in [0.1, 0.15) is 36.1 Å². The number of hydrogen-bond donors (Lipinski definition) is 4. The van der Waals surface area contributed by atoms with Crippen LogP contribution in [-0.4, -0.2) is 54.8 Å². The van der Waals surface area contributed by atoms with Gasteiger partial charge in [-0.3, -0.25) is 0 Å². The number of aliphatic hydroxyl groups excluding tert-OH is 3. The Hall–Kier alpha value is -2.51. The maximum atomic E-state index is 10.2. The third-order valence-corrected chi connectivity index (χ3v) is 3.80. The molecule has 1 aliphatic heterocycles. The van der Waals surface area contributed by atoms with Gasteiger partial charge in [0, 0.05) is 17.8 Å². The number of aliphatic hydroxyl groups is 3. The Bertz CT molecular complexity index is 796. The van der Waals surface area contributed by atoms with Gasteiger partial charge in [0.05, 0.1) is 18.1 Å². The average Bonchev–Trinajstić information content (AvgIpc) is 3.05. The van der Waals surface area contributed by atoms with Crippen LogP contribution in [0.3, 0.4) is 0 Å². The van der Waals surface area contributed by atoms with E-state index in [0.717, 1.165) is 0 Å². The largest absolute Gasteiger partial charge is 0.394 e. The second kappa shape index (κ2) is 5.94. The molecule has 0 aromatic carbocycles. The van der Waals surface area contributed by atoms with Crippen LogP contribution in [0.15, 0.2) is 18.6 Å². The molecule has 0 spiro atoms. The lowest BCUT2D eigenvalue weighted by molar-refractivity contribution is -0.0508. The number of nitriles is 1. The predicted molar refractivity (Wildman–Crippen MR) is 79.6 cm³/mol. The molecule has 0 bridgehead atoms. The molecular weight excluding hydrogens is 302 g/mol. The molecule has 2 aromatic heterocycles. The number of fused-ring (bicyclic) bond motifs is 1. The van der Waals surface area contributed by atoms with E-state index in [0.29, 0.717) is 16.6 Å². The maximum Gasteiger partial charge on any atom is 0.164 e. The van der Waals surface area contributed by atoms with E-state index in [9.17, 15) is 15.3 Å². The van der Waals surface area contributed by atoms with Gasteiger partial charge in [-0.2, -0.15) is 5.26 Å². The highest BCUT2D eigenvalue weighted by Crippen LogP contribution is 2.34. The van der Waals surface area contributed by atoms with Crippen molar-refractivity contribution >= 4 is 22.9 Å². The summed E-state index contributed by atoms with van der Waals surface area (Å²) in [6.45, 7) is -0.424. The van der Waals surface area contributed by atoms with E-state index in [-0.39, 0.29) is 5.82 Å². The van der Waals surface area contributed by atoms with Crippen molar-refractivity contribution in [3.8, 4) is 6.07 Å². The highest BCUT2D eigenvalue weighted by Gasteiger charge is 2.44. The Morgan fingerprint density at radius 3 is 2.83 bits per heavy atom. The van der Waals surface area contributed by atoms with Crippen LogP contribution in [0, 0.1) is 11.3 Å². The number of hydrogen-bond acceptors (Lipinski definition) is 8. The average molecular weight is 317 g/mol. The van der Waals surface area contributed by atoms with Crippen LogP contribution in [0.25, 0.3) is 17.1 Å². The minimum Gasteiger partial charge on any atom is -0.394 e. The lowest BCUT2D eigenvalue weighted by Crippen LogP contribution is -2.33. The fraction of sp³-hybridized carbons (Fsp3) is 0.357. The normalized spacial score (nSPS) is 27.7. The molecule has 23 heavy (non-hydrogen) atoms. The minimum atomic E-state index is -1.24. The van der Waals surface area contributed by atoms with Crippen LogP contribution in [0.5, 0.6) is 0 Å². The molecule has 1 aliphatic rings. The Labute approximate surface area is 130 Å². The topological polar surface area (TPSA) is 150 Å². The molecule has 2 aromatic rings. The van der Waals surface area contributed by atoms with Crippen LogP contribution in [0.1, 0.15) is 11.8 Å². The Kier molecular flexibility index (Phi) is 3.97. The molecule has 1 fully saturated rings. The molecule has 0 amide bonds. The summed E-state index contributed by atoms with van der Waals surface area (Å²) in [6, 6.07) is 1.89. The smallest absolute Gasteiger partial charge is 0.164 e. The molecule has 9 heteroatoms. The van der Waals surface area contributed by atoms with Gasteiger partial charge in [-0.1, -0.05) is 0 Å². The summed E-state index contributed by atoms with van der Waals surface area (Å²) in [5.41, 5.74) is 6.86. The SMILES string of the molecule is N#C/C=C/c1cn([C@@H]2O[C@H](CO)[C@@H](O)[C@H]2O)c2ncnc(N)c12. The summed E-state index contributed by atoms with van der Waals surface area (Å²) in [6.07, 6.45) is 1.39. The zero-order valence-electron chi connectivity index (χ0n) is 11.9. The van der Waals surface area contributed by atoms with Crippen LogP contribution < -0.4 is 5.73 Å². The van der Waals surface area contributed by atoms with E-state index < -0.39 is 31.1 Å². The lowest BCUT2D eigenvalue weighted by atomic mass is 10.1. The monoisotopic (exact) mass is 317 g/mol. The molecule has 0 aliphatic carbocycles. The third-order valence-electron chi connectivity index (χ3n) is 3.80. The fourth-order valence-electron chi connectivity index (χ4n) is 2.69. The number of anilines is 1. The second-order valence-corrected chi connectivity index (χ2v) is 5.14. The Balaban J connectivity index is 2.14. The Morgan fingerprint density at radius 1 is 1.39 bits per heavy atom. The summed E-state index contributed by atoms with van der Waals surface area (Å²) >= 11 is 0. The van der Waals surface area contributed by atoms with E-state index in [1.165, 1.54) is 17.0 Å². The van der Waals surface area contributed by atoms with Crippen molar-refractivity contribution in [2.45, 2.75) is 24.5 Å². The van der Waals surface area contributed by atoms with Gasteiger partial charge in [-0.15, -0.1) is 0 Å². The first-order valence-corrected chi connectivity index (χ1v) is 6.88. The highest BCUT2D eigenvalue weighted by molar-refractivity contribution is 5.94. The summed E-state index contributed by atoms with van der Waals surface area (Å²) in [7, 11) is 0. The van der Waals surface area contributed by atoms with E-state index in [1.54, 1.807) is 12.3 Å². The highest BCUT2D eigenvalue weighted by atomic mass is 16.6. The molecule has 0 unspecified atom stereocenters. The third kappa shape index (κ3) is 2.43. The van der Waals surface area contributed by atoms with Gasteiger partial charge >= 0.3 is 0 Å². The number of aromatic nitrogens is 3. The molecule has 0 radical (unpaired) electrons. The van der Waals surface area contributed by atoms with Crippen molar-refractivity contribution in [3.63, 3.8) is 0 Å². The predicted octanol–water partition coefficient (Wildman–Crippen LogP) is -0.838. The number of allylic oxidation sites excluding steroid dienone is 1. The first-order valence-electron chi connectivity index (χ1n) is 6.88. The first kappa shape index (κ1) is 15.4. The molecule has 5 N–H and O–H groups in total. The van der Waals surface area contributed by atoms with Crippen molar-refractivity contribution in [2.75, 3.05) is 12.3 Å². The Morgan fingerprint density at radius 2 is 2.17 bits per heavy atom. The zero-order chi connectivity index (χ0) is 16.6. The van der Waals surface area contributed by atoms with Gasteiger partial charge in [-0.25, -0.2) is 9.97 Å². The maximum absolute atomic E-state index is 10.2. The summed E-state index contributed by atoms with van der Waals surface area (Å²) < 4.78 is 7.02. The number of nitrogens with two attached hydrogens (primary N) is 1. The molecule has 0 saturated carbocycles. The van der Waals surface area contributed by atoms with Crippen LogP contribution in [0.2, 0.25) is 0 Å². The zero-order valence-corrected chi connectivity index (χ0v) is 11.9. The number of ether oxygens (including phenoxy) is 1. The number of nitrogens with zero attached hydrogens (tertiary/aromatic N) is 4. The van der Waals surface area contributed by atoms with Gasteiger partial charge in [0.15, 0.2) is 6.23 Å². The summed E-state index contributed by atoms with van der Waals surface area (Å²) in [4.78, 5) is 8.07. The van der Waals surface area contributed by atoms with Gasteiger partial charge in [-0.05, 0) is 6.08 Å². The molecule has 4 atom stereocenters. The summed E-state index contributed by atoms with van der Waals surface area (Å²) in [5.74, 6) is 0.220. The summed E-state index contributed by atoms with van der Waals surface area (Å²) in [5, 5.41) is 38.5. The lowest BCUT2D eigenvalue weighted by Gasteiger charge is -2.17. The van der Waals surface area contributed by atoms with Crippen molar-refractivity contribution in [3.05, 3.63) is 24.2 Å². The van der Waals surface area contributed by atoms with E-state index in [4.69, 9.17) is 15.7 Å². The fourth-order valence-corrected chi connectivity index (χ4v) is 2.69. The van der Waals surface area contributed by atoms with Gasteiger partial charge in [0.2, 0.25) is 0 Å². The van der Waals surface area contributed by atoms with E-state index in [2.05, 4.69) is 9.97 Å². The van der Waals surface area contributed by atoms with Gasteiger partial charge < -0.3 is 30.4 Å². The van der Waals surface area contributed by atoms with E-state index >= 15 is 0 Å². The number of rotatable bonds is 3. The standard InChI is InChI=1S/C14H15N5O4/c15-3-1-2-7-4-19(13-9(7)12(16)17-6-18-13)14-11(22)10(21)8(5-20)23-14/h1-2,4,6,8,10-11,14,20-22H,5H2,(H2,16,17,18)/b2-1+/t8-,10-,11-,14-/m1/s1. The first-order chi connectivity index (χ1) is 11.1. The molecule has 1 saturated heterocycles. The molecule has 3 heterocycles. The van der Waals surface area contributed by atoms with Crippen LogP contribution in [-0.2, 0) is 4.74 Å². The van der Waals surface area contributed by atoms with Crippen LogP contribution in [0.4, 0.5) is 5.82 Å². The van der Waals surface area contributed by atoms with Crippen molar-refractivity contribution < 1.29 is 20.1 Å². The van der Waals surface area contributed by atoms with Crippen LogP contribution >= 0.6 is 0 Å². The van der Waals surface area contributed by atoms with Crippen molar-refractivity contribution in [1.29, 1.82) is 5.26 Å². The second-order valence-electron chi connectivity index (χ2n) is 5.14. The quantitative estimate of drug-likeness (QED) is 0.535. The molecular formula is C14H15N5O4. The van der Waals surface area contributed by atoms with E-state index in [1.807, 2.05) is 6.07 Å².